The van der Waals surface area contributed by atoms with Gasteiger partial charge in [0.15, 0.2) is 5.96 Å². The molecule has 0 saturated carbocycles. The smallest absolute Gasteiger partial charge is 0.192 e. The van der Waals surface area contributed by atoms with E-state index in [1.165, 1.54) is 5.56 Å². The minimum atomic E-state index is 0. The molecule has 0 saturated heterocycles. The Morgan fingerprint density at radius 1 is 1.23 bits per heavy atom. The fourth-order valence-corrected chi connectivity index (χ4v) is 1.71. The topological polar surface area (TPSA) is 45.7 Å². The summed E-state index contributed by atoms with van der Waals surface area (Å²) in [5.74, 6) is 4.23. The summed E-state index contributed by atoms with van der Waals surface area (Å²) in [6.07, 6.45) is 7.18. The van der Waals surface area contributed by atoms with E-state index in [1.54, 1.807) is 0 Å². The van der Waals surface area contributed by atoms with Crippen molar-refractivity contribution in [1.29, 1.82) is 0 Å². The first-order chi connectivity index (χ1) is 10.3. The monoisotopic (exact) mass is 415 g/mol. The van der Waals surface area contributed by atoms with Crippen LogP contribution >= 0.6 is 24.0 Å². The summed E-state index contributed by atoms with van der Waals surface area (Å²) >= 11 is 0. The summed E-state index contributed by atoms with van der Waals surface area (Å²) in [5.41, 5.74) is 1.24. The van der Waals surface area contributed by atoms with Gasteiger partial charge in [-0.05, 0) is 38.8 Å². The molecule has 0 spiro atoms. The van der Waals surface area contributed by atoms with E-state index in [0.29, 0.717) is 13.2 Å². The summed E-state index contributed by atoms with van der Waals surface area (Å²) in [6, 6.07) is 8.11. The molecule has 4 nitrogen and oxygen atoms in total. The number of halogens is 1. The van der Waals surface area contributed by atoms with Crippen LogP contribution in [-0.2, 0) is 0 Å². The van der Waals surface area contributed by atoms with Gasteiger partial charge in [-0.25, -0.2) is 0 Å². The van der Waals surface area contributed by atoms with Crippen LogP contribution in [0.3, 0.4) is 0 Å². The van der Waals surface area contributed by atoms with Crippen molar-refractivity contribution in [2.75, 3.05) is 26.2 Å². The van der Waals surface area contributed by atoms with E-state index in [1.807, 2.05) is 19.1 Å². The van der Waals surface area contributed by atoms with Gasteiger partial charge in [-0.3, -0.25) is 4.99 Å². The SMILES string of the molecule is C#CCNC(=NCCCCOc1ccc(C)cc1)NCC.I. The summed E-state index contributed by atoms with van der Waals surface area (Å²) in [5, 5.41) is 6.22. The summed E-state index contributed by atoms with van der Waals surface area (Å²) in [7, 11) is 0. The number of nitrogens with one attached hydrogen (secondary N) is 2. The molecule has 0 radical (unpaired) electrons. The molecular formula is C17H26IN3O. The van der Waals surface area contributed by atoms with Crippen molar-refractivity contribution in [2.45, 2.75) is 26.7 Å². The number of unbranched alkanes of at least 4 members (excludes halogenated alkanes) is 1. The number of aliphatic imine (C=N–C) groups is 1. The van der Waals surface area contributed by atoms with Gasteiger partial charge in [0, 0.05) is 13.1 Å². The fourth-order valence-electron chi connectivity index (χ4n) is 1.71. The summed E-state index contributed by atoms with van der Waals surface area (Å²) in [4.78, 5) is 4.45. The fraction of sp³-hybridized carbons (Fsp3) is 0.471. The number of guanidine groups is 1. The molecule has 0 aromatic heterocycles. The molecule has 0 fully saturated rings. The molecule has 22 heavy (non-hydrogen) atoms. The van der Waals surface area contributed by atoms with Gasteiger partial charge in [0.25, 0.3) is 0 Å². The van der Waals surface area contributed by atoms with Crippen molar-refractivity contribution in [3.05, 3.63) is 29.8 Å². The Morgan fingerprint density at radius 3 is 2.59 bits per heavy atom. The van der Waals surface area contributed by atoms with Gasteiger partial charge in [-0.1, -0.05) is 23.6 Å². The molecule has 0 bridgehead atoms. The second-order valence-corrected chi connectivity index (χ2v) is 4.69. The maximum atomic E-state index is 5.67. The highest BCUT2D eigenvalue weighted by Gasteiger charge is 1.96. The first-order valence-corrected chi connectivity index (χ1v) is 7.41. The van der Waals surface area contributed by atoms with Gasteiger partial charge in [0.2, 0.25) is 0 Å². The van der Waals surface area contributed by atoms with E-state index in [-0.39, 0.29) is 24.0 Å². The molecule has 122 valence electrons. The highest BCUT2D eigenvalue weighted by Crippen LogP contribution is 2.11. The number of hydrogen-bond acceptors (Lipinski definition) is 2. The average Bonchev–Trinajstić information content (AvgIpc) is 2.50. The number of nitrogens with zero attached hydrogens (tertiary/aromatic N) is 1. The van der Waals surface area contributed by atoms with Crippen LogP contribution in [0.2, 0.25) is 0 Å². The second-order valence-electron chi connectivity index (χ2n) is 4.69. The molecule has 0 atom stereocenters. The van der Waals surface area contributed by atoms with E-state index in [4.69, 9.17) is 11.2 Å². The number of aryl methyl sites for hydroxylation is 1. The van der Waals surface area contributed by atoms with Gasteiger partial charge in [-0.15, -0.1) is 30.4 Å². The van der Waals surface area contributed by atoms with Crippen LogP contribution in [-0.4, -0.2) is 32.2 Å². The molecule has 0 amide bonds. The molecule has 0 aliphatic rings. The Kier molecular flexibility index (Phi) is 12.4. The first kappa shape index (κ1) is 20.6. The number of terminal acetylenes is 1. The molecule has 0 heterocycles. The van der Waals surface area contributed by atoms with Crippen molar-refractivity contribution in [3.8, 4) is 18.1 Å². The molecule has 1 rings (SSSR count). The lowest BCUT2D eigenvalue weighted by atomic mass is 10.2. The van der Waals surface area contributed by atoms with Gasteiger partial charge in [-0.2, -0.15) is 0 Å². The zero-order valence-electron chi connectivity index (χ0n) is 13.4. The predicted octanol–water partition coefficient (Wildman–Crippen LogP) is 2.96. The van der Waals surface area contributed by atoms with Crippen LogP contribution in [0.5, 0.6) is 5.75 Å². The third kappa shape index (κ3) is 9.50. The van der Waals surface area contributed by atoms with Crippen molar-refractivity contribution >= 4 is 29.9 Å². The number of benzene rings is 1. The Hall–Kier alpha value is -1.42. The number of ether oxygens (including phenoxy) is 1. The number of hydrogen-bond donors (Lipinski definition) is 2. The van der Waals surface area contributed by atoms with E-state index >= 15 is 0 Å². The largest absolute Gasteiger partial charge is 0.494 e. The Balaban J connectivity index is 0.00000441. The molecule has 1 aromatic rings. The van der Waals surface area contributed by atoms with Gasteiger partial charge >= 0.3 is 0 Å². The van der Waals surface area contributed by atoms with Crippen molar-refractivity contribution < 1.29 is 4.74 Å². The van der Waals surface area contributed by atoms with Crippen molar-refractivity contribution in [3.63, 3.8) is 0 Å². The maximum Gasteiger partial charge on any atom is 0.192 e. The van der Waals surface area contributed by atoms with Crippen LogP contribution in [0.4, 0.5) is 0 Å². The molecule has 1 aromatic carbocycles. The van der Waals surface area contributed by atoms with Gasteiger partial charge in [0.1, 0.15) is 5.75 Å². The Bertz CT molecular complexity index is 466. The zero-order chi connectivity index (χ0) is 15.3. The summed E-state index contributed by atoms with van der Waals surface area (Å²) < 4.78 is 5.67. The van der Waals surface area contributed by atoms with E-state index in [9.17, 15) is 0 Å². The van der Waals surface area contributed by atoms with Gasteiger partial charge < -0.3 is 15.4 Å². The lowest BCUT2D eigenvalue weighted by Gasteiger charge is -2.09. The lowest BCUT2D eigenvalue weighted by Crippen LogP contribution is -2.37. The minimum absolute atomic E-state index is 0. The number of rotatable bonds is 8. The summed E-state index contributed by atoms with van der Waals surface area (Å²) in [6.45, 7) is 6.89. The van der Waals surface area contributed by atoms with Crippen molar-refractivity contribution in [2.24, 2.45) is 4.99 Å². The van der Waals surface area contributed by atoms with Crippen molar-refractivity contribution in [1.82, 2.24) is 10.6 Å². The molecule has 2 N–H and O–H groups in total. The van der Waals surface area contributed by atoms with E-state index in [0.717, 1.165) is 37.6 Å². The highest BCUT2D eigenvalue weighted by atomic mass is 127. The average molecular weight is 415 g/mol. The predicted molar refractivity (Wildman–Crippen MR) is 104 cm³/mol. The molecule has 0 aliphatic carbocycles. The normalized spacial score (nSPS) is 10.3. The zero-order valence-corrected chi connectivity index (χ0v) is 15.7. The molecule has 5 heteroatoms. The Labute approximate surface area is 151 Å². The third-order valence-corrected chi connectivity index (χ3v) is 2.81. The van der Waals surface area contributed by atoms with Crippen LogP contribution in [0.1, 0.15) is 25.3 Å². The molecule has 0 aliphatic heterocycles. The lowest BCUT2D eigenvalue weighted by molar-refractivity contribution is 0.308. The third-order valence-electron chi connectivity index (χ3n) is 2.81. The Morgan fingerprint density at radius 2 is 1.95 bits per heavy atom. The molecular weight excluding hydrogens is 389 g/mol. The van der Waals surface area contributed by atoms with Crippen LogP contribution in [0.25, 0.3) is 0 Å². The maximum absolute atomic E-state index is 5.67. The van der Waals surface area contributed by atoms with Crippen LogP contribution in [0, 0.1) is 19.3 Å². The van der Waals surface area contributed by atoms with Crippen LogP contribution < -0.4 is 15.4 Å². The van der Waals surface area contributed by atoms with Gasteiger partial charge in [0.05, 0.1) is 13.2 Å². The quantitative estimate of drug-likeness (QED) is 0.226. The van der Waals surface area contributed by atoms with Crippen LogP contribution in [0.15, 0.2) is 29.3 Å². The standard InChI is InChI=1S/C17H25N3O.HI/c1-4-12-19-17(18-5-2)20-13-6-7-14-21-16-10-8-15(3)9-11-16;/h1,8-11H,5-7,12-14H2,2-3H3,(H2,18,19,20);1H. The minimum Gasteiger partial charge on any atom is -0.494 e. The highest BCUT2D eigenvalue weighted by molar-refractivity contribution is 14.0. The first-order valence-electron chi connectivity index (χ1n) is 7.41. The molecule has 0 unspecified atom stereocenters. The van der Waals surface area contributed by atoms with E-state index < -0.39 is 0 Å². The second kappa shape index (κ2) is 13.3. The van der Waals surface area contributed by atoms with E-state index in [2.05, 4.69) is 40.6 Å².